The topological polar surface area (TPSA) is 61.4 Å². The van der Waals surface area contributed by atoms with Crippen LogP contribution < -0.4 is 10.6 Å². The molecule has 1 aromatic carbocycles. The Morgan fingerprint density at radius 2 is 1.85 bits per heavy atom. The first-order valence-corrected chi connectivity index (χ1v) is 6.40. The molecule has 2 amide bonds. The highest BCUT2D eigenvalue weighted by atomic mass is 19.1. The summed E-state index contributed by atoms with van der Waals surface area (Å²) in [6.07, 6.45) is -0.0718. The largest absolute Gasteiger partial charge is 0.353 e. The fourth-order valence-corrected chi connectivity index (χ4v) is 1.54. The number of halogens is 1. The number of benzene rings is 1. The molecule has 0 unspecified atom stereocenters. The SMILES string of the molecule is CN(C)CCNC(=O)CNC(=O)Cc1ccccc1F. The third-order valence-corrected chi connectivity index (χ3v) is 2.64. The summed E-state index contributed by atoms with van der Waals surface area (Å²) in [4.78, 5) is 25.0. The van der Waals surface area contributed by atoms with Crippen molar-refractivity contribution in [3.8, 4) is 0 Å². The summed E-state index contributed by atoms with van der Waals surface area (Å²) in [5.41, 5.74) is 0.318. The molecule has 0 aliphatic carbocycles. The van der Waals surface area contributed by atoms with Crippen LogP contribution in [0, 0.1) is 5.82 Å². The highest BCUT2D eigenvalue weighted by Gasteiger charge is 2.09. The number of nitrogens with zero attached hydrogens (tertiary/aromatic N) is 1. The van der Waals surface area contributed by atoms with Crippen LogP contribution in [-0.2, 0) is 16.0 Å². The first-order chi connectivity index (χ1) is 9.49. The molecule has 0 heterocycles. The lowest BCUT2D eigenvalue weighted by Crippen LogP contribution is -2.39. The van der Waals surface area contributed by atoms with Gasteiger partial charge in [0.25, 0.3) is 0 Å². The molecule has 5 nitrogen and oxygen atoms in total. The van der Waals surface area contributed by atoms with Crippen LogP contribution in [0.1, 0.15) is 5.56 Å². The monoisotopic (exact) mass is 281 g/mol. The summed E-state index contributed by atoms with van der Waals surface area (Å²) < 4.78 is 13.3. The average molecular weight is 281 g/mol. The van der Waals surface area contributed by atoms with Crippen molar-refractivity contribution < 1.29 is 14.0 Å². The summed E-state index contributed by atoms with van der Waals surface area (Å²) in [7, 11) is 3.81. The van der Waals surface area contributed by atoms with E-state index in [9.17, 15) is 14.0 Å². The van der Waals surface area contributed by atoms with E-state index < -0.39 is 5.82 Å². The summed E-state index contributed by atoms with van der Waals surface area (Å²) >= 11 is 0. The van der Waals surface area contributed by atoms with Crippen LogP contribution in [0.4, 0.5) is 4.39 Å². The Labute approximate surface area is 118 Å². The van der Waals surface area contributed by atoms with Crippen molar-refractivity contribution in [3.63, 3.8) is 0 Å². The molecule has 2 N–H and O–H groups in total. The van der Waals surface area contributed by atoms with Gasteiger partial charge in [-0.05, 0) is 25.7 Å². The van der Waals surface area contributed by atoms with Crippen LogP contribution >= 0.6 is 0 Å². The lowest BCUT2D eigenvalue weighted by Gasteiger charge is -2.11. The summed E-state index contributed by atoms with van der Waals surface area (Å²) in [5, 5.41) is 5.14. The maximum absolute atomic E-state index is 13.3. The Balaban J connectivity index is 2.26. The molecule has 20 heavy (non-hydrogen) atoms. The van der Waals surface area contributed by atoms with Crippen LogP contribution in [-0.4, -0.2) is 50.4 Å². The van der Waals surface area contributed by atoms with Crippen LogP contribution in [0.3, 0.4) is 0 Å². The molecular formula is C14H20FN3O2. The van der Waals surface area contributed by atoms with Crippen molar-refractivity contribution in [2.75, 3.05) is 33.7 Å². The lowest BCUT2D eigenvalue weighted by atomic mass is 10.1. The number of likely N-dealkylation sites (N-methyl/N-ethyl adjacent to an activating group) is 1. The third-order valence-electron chi connectivity index (χ3n) is 2.64. The van der Waals surface area contributed by atoms with Gasteiger partial charge in [0.1, 0.15) is 5.82 Å². The molecule has 0 aliphatic heterocycles. The highest BCUT2D eigenvalue weighted by Crippen LogP contribution is 2.06. The first-order valence-electron chi connectivity index (χ1n) is 6.40. The Hall–Kier alpha value is -1.95. The van der Waals surface area contributed by atoms with E-state index in [1.807, 2.05) is 19.0 Å². The molecule has 0 aliphatic rings. The Morgan fingerprint density at radius 1 is 1.15 bits per heavy atom. The van der Waals surface area contributed by atoms with Crippen molar-refractivity contribution >= 4 is 11.8 Å². The molecule has 1 aromatic rings. The van der Waals surface area contributed by atoms with Crippen molar-refractivity contribution in [1.29, 1.82) is 0 Å². The number of nitrogens with one attached hydrogen (secondary N) is 2. The Morgan fingerprint density at radius 3 is 2.50 bits per heavy atom. The number of hydrogen-bond donors (Lipinski definition) is 2. The van der Waals surface area contributed by atoms with Gasteiger partial charge in [-0.1, -0.05) is 18.2 Å². The minimum atomic E-state index is -0.418. The van der Waals surface area contributed by atoms with Gasteiger partial charge in [-0.2, -0.15) is 0 Å². The van der Waals surface area contributed by atoms with Gasteiger partial charge in [-0.15, -0.1) is 0 Å². The molecule has 0 bridgehead atoms. The van der Waals surface area contributed by atoms with E-state index in [0.717, 1.165) is 6.54 Å². The molecule has 0 aromatic heterocycles. The smallest absolute Gasteiger partial charge is 0.239 e. The second kappa shape index (κ2) is 8.27. The van der Waals surface area contributed by atoms with Gasteiger partial charge >= 0.3 is 0 Å². The van der Waals surface area contributed by atoms with Gasteiger partial charge in [0.2, 0.25) is 11.8 Å². The molecule has 6 heteroatoms. The average Bonchev–Trinajstić information content (AvgIpc) is 2.39. The fourth-order valence-electron chi connectivity index (χ4n) is 1.54. The molecule has 0 fully saturated rings. The molecule has 0 radical (unpaired) electrons. The Kier molecular flexibility index (Phi) is 6.66. The van der Waals surface area contributed by atoms with Gasteiger partial charge in [-0.3, -0.25) is 9.59 Å². The van der Waals surface area contributed by atoms with Crippen molar-refractivity contribution in [3.05, 3.63) is 35.6 Å². The highest BCUT2D eigenvalue weighted by molar-refractivity contribution is 5.85. The van der Waals surface area contributed by atoms with Gasteiger partial charge < -0.3 is 15.5 Å². The minimum Gasteiger partial charge on any atom is -0.353 e. The van der Waals surface area contributed by atoms with Gasteiger partial charge in [0.05, 0.1) is 13.0 Å². The van der Waals surface area contributed by atoms with Crippen LogP contribution in [0.2, 0.25) is 0 Å². The summed E-state index contributed by atoms with van der Waals surface area (Å²) in [6.45, 7) is 1.16. The zero-order valence-corrected chi connectivity index (χ0v) is 11.8. The molecule has 1 rings (SSSR count). The zero-order chi connectivity index (χ0) is 15.0. The molecule has 0 saturated carbocycles. The maximum atomic E-state index is 13.3. The predicted octanol–water partition coefficient (Wildman–Crippen LogP) is 0.162. The first kappa shape index (κ1) is 16.1. The van der Waals surface area contributed by atoms with Crippen molar-refractivity contribution in [2.45, 2.75) is 6.42 Å². The number of hydrogen-bond acceptors (Lipinski definition) is 3. The van der Waals surface area contributed by atoms with Crippen LogP contribution in [0.15, 0.2) is 24.3 Å². The van der Waals surface area contributed by atoms with E-state index in [1.165, 1.54) is 6.07 Å². The molecule has 0 saturated heterocycles. The normalized spacial score (nSPS) is 10.4. The van der Waals surface area contributed by atoms with E-state index in [1.54, 1.807) is 18.2 Å². The quantitative estimate of drug-likeness (QED) is 0.748. The zero-order valence-electron chi connectivity index (χ0n) is 11.8. The minimum absolute atomic E-state index is 0.0718. The van der Waals surface area contributed by atoms with Crippen LogP contribution in [0.5, 0.6) is 0 Å². The summed E-state index contributed by atoms with van der Waals surface area (Å²) in [6, 6.07) is 6.08. The molecule has 0 atom stereocenters. The summed E-state index contributed by atoms with van der Waals surface area (Å²) in [5.74, 6) is -1.05. The van der Waals surface area contributed by atoms with Gasteiger partial charge in [-0.25, -0.2) is 4.39 Å². The van der Waals surface area contributed by atoms with Crippen molar-refractivity contribution in [1.82, 2.24) is 15.5 Å². The number of amides is 2. The molecule has 0 spiro atoms. The van der Waals surface area contributed by atoms with E-state index in [2.05, 4.69) is 10.6 Å². The lowest BCUT2D eigenvalue weighted by molar-refractivity contribution is -0.125. The molecular weight excluding hydrogens is 261 g/mol. The Bertz CT molecular complexity index is 463. The van der Waals surface area contributed by atoms with E-state index in [4.69, 9.17) is 0 Å². The number of rotatable bonds is 7. The van der Waals surface area contributed by atoms with E-state index in [0.29, 0.717) is 12.1 Å². The van der Waals surface area contributed by atoms with Crippen LogP contribution in [0.25, 0.3) is 0 Å². The molecule has 110 valence electrons. The number of carbonyl (C=O) groups is 2. The van der Waals surface area contributed by atoms with Gasteiger partial charge in [0.15, 0.2) is 0 Å². The second-order valence-corrected chi connectivity index (χ2v) is 4.70. The third kappa shape index (κ3) is 6.29. The van der Waals surface area contributed by atoms with Crippen molar-refractivity contribution in [2.24, 2.45) is 0 Å². The number of carbonyl (C=O) groups excluding carboxylic acids is 2. The van der Waals surface area contributed by atoms with E-state index >= 15 is 0 Å². The standard InChI is InChI=1S/C14H20FN3O2/c1-18(2)8-7-16-14(20)10-17-13(19)9-11-5-3-4-6-12(11)15/h3-6H,7-10H2,1-2H3,(H,16,20)(H,17,19). The second-order valence-electron chi connectivity index (χ2n) is 4.70. The fraction of sp³-hybridized carbons (Fsp3) is 0.429. The predicted molar refractivity (Wildman–Crippen MR) is 74.7 cm³/mol. The maximum Gasteiger partial charge on any atom is 0.239 e. The van der Waals surface area contributed by atoms with E-state index in [-0.39, 0.29) is 24.8 Å². The van der Waals surface area contributed by atoms with Gasteiger partial charge in [0, 0.05) is 13.1 Å².